The van der Waals surface area contributed by atoms with Gasteiger partial charge in [0.05, 0.1) is 6.54 Å². The third-order valence-electron chi connectivity index (χ3n) is 4.66. The van der Waals surface area contributed by atoms with Crippen LogP contribution in [0.25, 0.3) is 0 Å². The number of hydrogen-bond acceptors (Lipinski definition) is 3. The van der Waals surface area contributed by atoms with Crippen LogP contribution in [0.1, 0.15) is 19.3 Å². The average Bonchev–Trinajstić information content (AvgIpc) is 3.21. The Morgan fingerprint density at radius 3 is 2.59 bits per heavy atom. The summed E-state index contributed by atoms with van der Waals surface area (Å²) in [6.07, 6.45) is 3.07. The van der Waals surface area contributed by atoms with Crippen LogP contribution >= 0.6 is 11.6 Å². The summed E-state index contributed by atoms with van der Waals surface area (Å²) in [4.78, 5) is 24.0. The third kappa shape index (κ3) is 3.42. The first-order valence-corrected chi connectivity index (χ1v) is 8.01. The zero-order valence-corrected chi connectivity index (χ0v) is 13.1. The van der Waals surface area contributed by atoms with E-state index in [2.05, 4.69) is 16.0 Å². The Hall–Kier alpha value is -1.59. The smallest absolute Gasteiger partial charge is 0.243 e. The fourth-order valence-electron chi connectivity index (χ4n) is 3.22. The molecule has 1 aliphatic carbocycles. The third-order valence-corrected chi connectivity index (χ3v) is 4.91. The van der Waals surface area contributed by atoms with E-state index >= 15 is 0 Å². The van der Waals surface area contributed by atoms with Gasteiger partial charge in [0, 0.05) is 16.6 Å². The minimum absolute atomic E-state index is 0.00624. The number of carbonyl (C=O) groups is 2. The van der Waals surface area contributed by atoms with Crippen LogP contribution < -0.4 is 16.0 Å². The molecule has 2 aliphatic rings. The summed E-state index contributed by atoms with van der Waals surface area (Å²) in [6, 6.07) is 6.88. The summed E-state index contributed by atoms with van der Waals surface area (Å²) in [7, 11) is 0. The predicted molar refractivity (Wildman–Crippen MR) is 85.7 cm³/mol. The van der Waals surface area contributed by atoms with Crippen molar-refractivity contribution in [3.8, 4) is 0 Å². The van der Waals surface area contributed by atoms with Crippen molar-refractivity contribution >= 4 is 29.1 Å². The van der Waals surface area contributed by atoms with E-state index < -0.39 is 0 Å². The van der Waals surface area contributed by atoms with E-state index in [-0.39, 0.29) is 29.7 Å². The van der Waals surface area contributed by atoms with E-state index in [1.807, 2.05) is 0 Å². The molecule has 5 nitrogen and oxygen atoms in total. The predicted octanol–water partition coefficient (Wildman–Crippen LogP) is 1.78. The summed E-state index contributed by atoms with van der Waals surface area (Å²) in [5.74, 6) is -0.137. The molecule has 0 bridgehead atoms. The number of carbonyl (C=O) groups excluding carboxylic acids is 2. The topological polar surface area (TPSA) is 70.2 Å². The number of anilines is 1. The maximum absolute atomic E-state index is 12.2. The second kappa shape index (κ2) is 6.26. The highest BCUT2D eigenvalue weighted by Crippen LogP contribution is 2.58. The Bertz CT molecular complexity index is 567. The molecule has 1 unspecified atom stereocenters. The molecule has 6 heteroatoms. The first-order chi connectivity index (χ1) is 10.6. The molecular formula is C16H20ClN3O2. The minimum atomic E-state index is -0.226. The lowest BCUT2D eigenvalue weighted by atomic mass is 9.92. The molecule has 2 fully saturated rings. The molecule has 1 atom stereocenters. The Morgan fingerprint density at radius 1 is 1.23 bits per heavy atom. The van der Waals surface area contributed by atoms with Gasteiger partial charge in [-0.25, -0.2) is 0 Å². The lowest BCUT2D eigenvalue weighted by molar-refractivity contribution is -0.125. The fourth-order valence-corrected chi connectivity index (χ4v) is 3.35. The van der Waals surface area contributed by atoms with Crippen LogP contribution in [0.2, 0.25) is 5.02 Å². The van der Waals surface area contributed by atoms with Gasteiger partial charge in [-0.05, 0) is 62.0 Å². The molecule has 1 saturated heterocycles. The van der Waals surface area contributed by atoms with Gasteiger partial charge >= 0.3 is 0 Å². The fraction of sp³-hybridized carbons (Fsp3) is 0.500. The van der Waals surface area contributed by atoms with Gasteiger partial charge in [0.1, 0.15) is 0 Å². The molecule has 0 aromatic heterocycles. The molecule has 3 rings (SSSR count). The van der Waals surface area contributed by atoms with Crippen molar-refractivity contribution in [3.63, 3.8) is 0 Å². The Balaban J connectivity index is 1.43. The van der Waals surface area contributed by atoms with Crippen molar-refractivity contribution in [2.75, 3.05) is 25.0 Å². The zero-order chi connectivity index (χ0) is 15.6. The number of hydrogen-bond donors (Lipinski definition) is 3. The van der Waals surface area contributed by atoms with E-state index in [4.69, 9.17) is 11.6 Å². The van der Waals surface area contributed by atoms with E-state index in [0.717, 1.165) is 32.4 Å². The first kappa shape index (κ1) is 15.3. The minimum Gasteiger partial charge on any atom is -0.347 e. The van der Waals surface area contributed by atoms with Crippen LogP contribution in [-0.2, 0) is 9.59 Å². The number of amides is 2. The van der Waals surface area contributed by atoms with Crippen LogP contribution in [0.5, 0.6) is 0 Å². The Kier molecular flexibility index (Phi) is 4.36. The molecule has 3 N–H and O–H groups in total. The first-order valence-electron chi connectivity index (χ1n) is 7.63. The second-order valence-electron chi connectivity index (χ2n) is 6.14. The molecule has 2 amide bonds. The molecule has 1 spiro atoms. The Morgan fingerprint density at radius 2 is 1.91 bits per heavy atom. The van der Waals surface area contributed by atoms with Crippen LogP contribution in [0.3, 0.4) is 0 Å². The van der Waals surface area contributed by atoms with Crippen LogP contribution in [-0.4, -0.2) is 31.4 Å². The normalized spacial score (nSPS) is 22.1. The van der Waals surface area contributed by atoms with E-state index in [0.29, 0.717) is 10.7 Å². The van der Waals surface area contributed by atoms with Crippen molar-refractivity contribution in [3.05, 3.63) is 29.3 Å². The molecule has 0 radical (unpaired) electrons. The highest BCUT2D eigenvalue weighted by atomic mass is 35.5. The lowest BCUT2D eigenvalue weighted by Crippen LogP contribution is -2.37. The van der Waals surface area contributed by atoms with E-state index in [1.165, 1.54) is 0 Å². The van der Waals surface area contributed by atoms with Gasteiger partial charge in [-0.3, -0.25) is 9.59 Å². The summed E-state index contributed by atoms with van der Waals surface area (Å²) in [5.41, 5.74) is 0.868. The van der Waals surface area contributed by atoms with Crippen molar-refractivity contribution < 1.29 is 9.59 Å². The number of halogens is 1. The van der Waals surface area contributed by atoms with Crippen molar-refractivity contribution in [2.45, 2.75) is 19.3 Å². The van der Waals surface area contributed by atoms with E-state index in [9.17, 15) is 9.59 Å². The maximum Gasteiger partial charge on any atom is 0.243 e. The number of rotatable bonds is 4. The van der Waals surface area contributed by atoms with Crippen molar-refractivity contribution in [2.24, 2.45) is 11.3 Å². The average molecular weight is 322 g/mol. The summed E-state index contributed by atoms with van der Waals surface area (Å²) >= 11 is 5.79. The van der Waals surface area contributed by atoms with Crippen molar-refractivity contribution in [1.82, 2.24) is 10.6 Å². The van der Waals surface area contributed by atoms with Crippen LogP contribution in [0.15, 0.2) is 24.3 Å². The van der Waals surface area contributed by atoms with Crippen LogP contribution in [0.4, 0.5) is 5.69 Å². The van der Waals surface area contributed by atoms with Gasteiger partial charge in [-0.15, -0.1) is 0 Å². The molecule has 1 aromatic rings. The van der Waals surface area contributed by atoms with Gasteiger partial charge in [-0.2, -0.15) is 0 Å². The summed E-state index contributed by atoms with van der Waals surface area (Å²) in [5, 5.41) is 9.42. The van der Waals surface area contributed by atoms with Gasteiger partial charge in [0.15, 0.2) is 0 Å². The van der Waals surface area contributed by atoms with Gasteiger partial charge in [0.2, 0.25) is 11.8 Å². The van der Waals surface area contributed by atoms with Crippen molar-refractivity contribution in [1.29, 1.82) is 0 Å². The number of benzene rings is 1. The van der Waals surface area contributed by atoms with Gasteiger partial charge < -0.3 is 16.0 Å². The highest BCUT2D eigenvalue weighted by Gasteiger charge is 2.57. The standard InChI is InChI=1S/C16H20ClN3O2/c17-11-1-3-12(4-2-11)20-14(21)10-19-15(22)13-9-16(13)5-7-18-8-6-16/h1-4,13,18H,5-10H2,(H,19,22)(H,20,21). The monoisotopic (exact) mass is 321 g/mol. The number of nitrogens with one attached hydrogen (secondary N) is 3. The SMILES string of the molecule is O=C(CNC(=O)C1CC12CCNCC2)Nc1ccc(Cl)cc1. The molecule has 1 aromatic carbocycles. The molecule has 118 valence electrons. The highest BCUT2D eigenvalue weighted by molar-refractivity contribution is 6.30. The summed E-state index contributed by atoms with van der Waals surface area (Å²) < 4.78 is 0. The molecule has 1 heterocycles. The maximum atomic E-state index is 12.2. The molecule has 1 saturated carbocycles. The quantitative estimate of drug-likeness (QED) is 0.792. The lowest BCUT2D eigenvalue weighted by Gasteiger charge is -2.23. The largest absolute Gasteiger partial charge is 0.347 e. The molecule has 22 heavy (non-hydrogen) atoms. The van der Waals surface area contributed by atoms with Crippen LogP contribution in [0, 0.1) is 11.3 Å². The summed E-state index contributed by atoms with van der Waals surface area (Å²) in [6.45, 7) is 1.98. The second-order valence-corrected chi connectivity index (χ2v) is 6.58. The Labute approximate surface area is 134 Å². The molecular weight excluding hydrogens is 302 g/mol. The zero-order valence-electron chi connectivity index (χ0n) is 12.3. The van der Waals surface area contributed by atoms with Gasteiger partial charge in [0.25, 0.3) is 0 Å². The van der Waals surface area contributed by atoms with Gasteiger partial charge in [-0.1, -0.05) is 11.6 Å². The molecule has 1 aliphatic heterocycles. The van der Waals surface area contributed by atoms with E-state index in [1.54, 1.807) is 24.3 Å². The number of piperidine rings is 1.